The number of hydrogen-bond acceptors (Lipinski definition) is 5. The van der Waals surface area contributed by atoms with Crippen LogP contribution in [0.15, 0.2) is 70.4 Å². The van der Waals surface area contributed by atoms with Gasteiger partial charge in [0.25, 0.3) is 0 Å². The maximum atomic E-state index is 13.4. The molecule has 2 heterocycles. The van der Waals surface area contributed by atoms with Gasteiger partial charge in [0.2, 0.25) is 10.0 Å². The number of aromatic nitrogens is 1. The summed E-state index contributed by atoms with van der Waals surface area (Å²) in [6, 6.07) is 17.5. The molecular formula is C26H25ClN2O4S2. The third-order valence-corrected chi connectivity index (χ3v) is 8.94. The topological polar surface area (TPSA) is 77.4 Å². The van der Waals surface area contributed by atoms with Crippen molar-refractivity contribution < 1.29 is 13.2 Å². The fraction of sp³-hybridized carbons (Fsp3) is 0.269. The van der Waals surface area contributed by atoms with Crippen LogP contribution in [-0.2, 0) is 16.6 Å². The largest absolute Gasteiger partial charge is 0.487 e. The van der Waals surface area contributed by atoms with Crippen molar-refractivity contribution in [1.82, 2.24) is 9.29 Å². The Morgan fingerprint density at radius 3 is 2.69 bits per heavy atom. The summed E-state index contributed by atoms with van der Waals surface area (Å²) in [6.45, 7) is 6.18. The number of hydrogen-bond donors (Lipinski definition) is 1. The highest BCUT2D eigenvalue weighted by Gasteiger charge is 2.36. The molecule has 3 aromatic carbocycles. The number of rotatable bonds is 5. The monoisotopic (exact) mass is 528 g/mol. The van der Waals surface area contributed by atoms with Crippen molar-refractivity contribution >= 4 is 43.2 Å². The van der Waals surface area contributed by atoms with Gasteiger partial charge in [0.05, 0.1) is 27.7 Å². The average Bonchev–Trinajstić information content (AvgIpc) is 3.09. The number of fused-ring (bicyclic) bond motifs is 2. The Morgan fingerprint density at radius 1 is 1.14 bits per heavy atom. The SMILES string of the molecule is Cc1ccc2c(c1)[C@@H](NS(=O)(=O)c1ccc3c(c1)sc(=O)n3Cc1ccccc1Cl)CC(C)(C)O2. The van der Waals surface area contributed by atoms with Crippen molar-refractivity contribution in [2.45, 2.75) is 50.3 Å². The zero-order valence-corrected chi connectivity index (χ0v) is 21.9. The highest BCUT2D eigenvalue weighted by molar-refractivity contribution is 7.89. The number of thiazole rings is 1. The van der Waals surface area contributed by atoms with E-state index in [0.29, 0.717) is 34.0 Å². The van der Waals surface area contributed by atoms with E-state index in [1.54, 1.807) is 28.8 Å². The van der Waals surface area contributed by atoms with E-state index in [2.05, 4.69) is 4.72 Å². The van der Waals surface area contributed by atoms with E-state index in [1.165, 1.54) is 0 Å². The second kappa shape index (κ2) is 8.78. The smallest absolute Gasteiger partial charge is 0.308 e. The van der Waals surface area contributed by atoms with Crippen LogP contribution in [0.2, 0.25) is 5.02 Å². The van der Waals surface area contributed by atoms with Gasteiger partial charge in [-0.1, -0.05) is 58.8 Å². The molecule has 182 valence electrons. The minimum absolute atomic E-state index is 0.120. The molecule has 0 radical (unpaired) electrons. The Bertz CT molecular complexity index is 1610. The van der Waals surface area contributed by atoms with E-state index in [-0.39, 0.29) is 9.77 Å². The molecule has 5 rings (SSSR count). The predicted octanol–water partition coefficient (Wildman–Crippen LogP) is 5.65. The molecule has 1 aliphatic heterocycles. The molecule has 0 fully saturated rings. The summed E-state index contributed by atoms with van der Waals surface area (Å²) in [5.41, 5.74) is 2.83. The normalized spacial score (nSPS) is 17.2. The first-order valence-corrected chi connectivity index (χ1v) is 13.9. The van der Waals surface area contributed by atoms with Crippen LogP contribution in [-0.4, -0.2) is 18.6 Å². The number of nitrogens with zero attached hydrogens (tertiary/aromatic N) is 1. The van der Waals surface area contributed by atoms with Gasteiger partial charge in [-0.2, -0.15) is 0 Å². The van der Waals surface area contributed by atoms with Crippen LogP contribution in [0, 0.1) is 6.92 Å². The third-order valence-electron chi connectivity index (χ3n) is 6.16. The molecule has 35 heavy (non-hydrogen) atoms. The highest BCUT2D eigenvalue weighted by atomic mass is 35.5. The van der Waals surface area contributed by atoms with Crippen LogP contribution < -0.4 is 14.3 Å². The zero-order chi connectivity index (χ0) is 25.0. The fourth-order valence-corrected chi connectivity index (χ4v) is 6.94. The van der Waals surface area contributed by atoms with E-state index in [4.69, 9.17) is 16.3 Å². The first kappa shape index (κ1) is 24.1. The number of benzene rings is 3. The zero-order valence-electron chi connectivity index (χ0n) is 19.5. The molecule has 0 bridgehead atoms. The molecule has 1 N–H and O–H groups in total. The van der Waals surface area contributed by atoms with Gasteiger partial charge in [-0.05, 0) is 56.7 Å². The van der Waals surface area contributed by atoms with Crippen molar-refractivity contribution in [3.05, 3.63) is 92.0 Å². The average molecular weight is 529 g/mol. The maximum absolute atomic E-state index is 13.4. The summed E-state index contributed by atoms with van der Waals surface area (Å²) < 4.78 is 38.0. The van der Waals surface area contributed by atoms with E-state index in [9.17, 15) is 13.2 Å². The van der Waals surface area contributed by atoms with E-state index in [1.807, 2.05) is 57.2 Å². The van der Waals surface area contributed by atoms with Gasteiger partial charge in [0.1, 0.15) is 11.4 Å². The molecule has 0 saturated carbocycles. The number of halogens is 1. The molecule has 1 atom stereocenters. The molecule has 0 aliphatic carbocycles. The summed E-state index contributed by atoms with van der Waals surface area (Å²) >= 11 is 7.30. The van der Waals surface area contributed by atoms with Crippen molar-refractivity contribution in [3.8, 4) is 5.75 Å². The number of sulfonamides is 1. The molecule has 1 aliphatic rings. The Balaban J connectivity index is 1.48. The van der Waals surface area contributed by atoms with Crippen LogP contribution in [0.4, 0.5) is 0 Å². The standard InChI is InChI=1S/C26H25ClN2O4S2/c1-16-8-11-23-19(12-16)21(14-26(2,3)33-23)28-35(31,32)18-9-10-22-24(13-18)34-25(30)29(22)15-17-6-4-5-7-20(17)27/h4-13,21,28H,14-15H2,1-3H3/t21-/m0/s1. The van der Waals surface area contributed by atoms with Crippen LogP contribution in [0.1, 0.15) is 43.0 Å². The molecule has 0 amide bonds. The summed E-state index contributed by atoms with van der Waals surface area (Å²) in [5.74, 6) is 0.685. The predicted molar refractivity (Wildman–Crippen MR) is 140 cm³/mol. The van der Waals surface area contributed by atoms with Gasteiger partial charge < -0.3 is 4.74 Å². The van der Waals surface area contributed by atoms with Crippen LogP contribution in [0.25, 0.3) is 10.2 Å². The lowest BCUT2D eigenvalue weighted by Gasteiger charge is -2.38. The van der Waals surface area contributed by atoms with Crippen LogP contribution in [0.3, 0.4) is 0 Å². The van der Waals surface area contributed by atoms with Crippen molar-refractivity contribution in [1.29, 1.82) is 0 Å². The Morgan fingerprint density at radius 2 is 1.91 bits per heavy atom. The van der Waals surface area contributed by atoms with E-state index in [0.717, 1.165) is 28.0 Å². The van der Waals surface area contributed by atoms with Gasteiger partial charge in [-0.3, -0.25) is 9.36 Å². The lowest BCUT2D eigenvalue weighted by atomic mass is 9.89. The summed E-state index contributed by atoms with van der Waals surface area (Å²) in [6.07, 6.45) is 0.493. The second-order valence-corrected chi connectivity index (χ2v) is 12.6. The first-order chi connectivity index (χ1) is 16.5. The van der Waals surface area contributed by atoms with Gasteiger partial charge in [-0.25, -0.2) is 13.1 Å². The Kier molecular flexibility index (Phi) is 6.04. The Hall–Kier alpha value is -2.65. The van der Waals surface area contributed by atoms with Gasteiger partial charge in [-0.15, -0.1) is 0 Å². The lowest BCUT2D eigenvalue weighted by molar-refractivity contribution is 0.0701. The summed E-state index contributed by atoms with van der Waals surface area (Å²) in [5, 5.41) is 0.581. The molecule has 1 aromatic heterocycles. The summed E-state index contributed by atoms with van der Waals surface area (Å²) in [7, 11) is -3.86. The van der Waals surface area contributed by atoms with Crippen molar-refractivity contribution in [3.63, 3.8) is 0 Å². The van der Waals surface area contributed by atoms with E-state index < -0.39 is 21.7 Å². The molecule has 6 nitrogen and oxygen atoms in total. The number of ether oxygens (including phenoxy) is 1. The summed E-state index contributed by atoms with van der Waals surface area (Å²) in [4.78, 5) is 12.7. The number of nitrogens with one attached hydrogen (secondary N) is 1. The second-order valence-electron chi connectivity index (χ2n) is 9.46. The van der Waals surface area contributed by atoms with Crippen molar-refractivity contribution in [2.75, 3.05) is 0 Å². The molecule has 0 spiro atoms. The van der Waals surface area contributed by atoms with Gasteiger partial charge in [0.15, 0.2) is 0 Å². The highest BCUT2D eigenvalue weighted by Crippen LogP contribution is 2.40. The van der Waals surface area contributed by atoms with E-state index >= 15 is 0 Å². The van der Waals surface area contributed by atoms with Crippen LogP contribution in [0.5, 0.6) is 5.75 Å². The lowest BCUT2D eigenvalue weighted by Crippen LogP contribution is -2.41. The third kappa shape index (κ3) is 4.76. The van der Waals surface area contributed by atoms with Crippen molar-refractivity contribution in [2.24, 2.45) is 0 Å². The maximum Gasteiger partial charge on any atom is 0.308 e. The molecule has 0 saturated heterocycles. The minimum atomic E-state index is -3.86. The molecule has 0 unspecified atom stereocenters. The molecule has 9 heteroatoms. The molecular weight excluding hydrogens is 504 g/mol. The quantitative estimate of drug-likeness (QED) is 0.363. The van der Waals surface area contributed by atoms with Gasteiger partial charge >= 0.3 is 4.87 Å². The first-order valence-electron chi connectivity index (χ1n) is 11.2. The minimum Gasteiger partial charge on any atom is -0.487 e. The van der Waals surface area contributed by atoms with Crippen LogP contribution >= 0.6 is 22.9 Å². The Labute approximate surface area is 213 Å². The van der Waals surface area contributed by atoms with Gasteiger partial charge in [0, 0.05) is 17.0 Å². The fourth-order valence-electron chi connectivity index (χ4n) is 4.50. The molecule has 4 aromatic rings. The number of aryl methyl sites for hydroxylation is 1.